The lowest BCUT2D eigenvalue weighted by Crippen LogP contribution is -2.24. The maximum Gasteiger partial charge on any atom is 0.314 e. The molecular weight excluding hydrogens is 390 g/mol. The zero-order chi connectivity index (χ0) is 22.8. The van der Waals surface area contributed by atoms with Gasteiger partial charge in [-0.05, 0) is 70.4 Å². The van der Waals surface area contributed by atoms with Crippen molar-refractivity contribution >= 4 is 17.3 Å². The smallest absolute Gasteiger partial charge is 0.314 e. The molecule has 0 bridgehead atoms. The van der Waals surface area contributed by atoms with Crippen LogP contribution in [0.3, 0.4) is 0 Å². The van der Waals surface area contributed by atoms with Crippen molar-refractivity contribution in [1.29, 1.82) is 0 Å². The van der Waals surface area contributed by atoms with E-state index in [4.69, 9.17) is 9.47 Å². The van der Waals surface area contributed by atoms with Crippen LogP contribution in [0.1, 0.15) is 55.1 Å². The number of aromatic nitrogens is 1. The lowest BCUT2D eigenvalue weighted by atomic mass is 9.90. The van der Waals surface area contributed by atoms with E-state index in [1.807, 2.05) is 39.0 Å². The van der Waals surface area contributed by atoms with Crippen LogP contribution in [0.25, 0.3) is 5.57 Å². The quantitative estimate of drug-likeness (QED) is 0.479. The minimum absolute atomic E-state index is 0.0536. The molecule has 0 saturated heterocycles. The summed E-state index contributed by atoms with van der Waals surface area (Å²) in [5.74, 6) is 0.0468. The molecule has 0 aliphatic heterocycles. The Kier molecular flexibility index (Phi) is 6.63. The largest absolute Gasteiger partial charge is 0.461 e. The first-order valence-electron chi connectivity index (χ1n) is 10.6. The van der Waals surface area contributed by atoms with Gasteiger partial charge in [0, 0.05) is 30.7 Å². The second kappa shape index (κ2) is 9.04. The van der Waals surface area contributed by atoms with Gasteiger partial charge in [-0.1, -0.05) is 23.8 Å². The average molecular weight is 422 g/mol. The molecule has 0 spiro atoms. The molecule has 2 aromatic rings. The van der Waals surface area contributed by atoms with Crippen LogP contribution >= 0.6 is 0 Å². The monoisotopic (exact) mass is 421 g/mol. The Morgan fingerprint density at radius 3 is 2.39 bits per heavy atom. The molecule has 0 saturated carbocycles. The van der Waals surface area contributed by atoms with Gasteiger partial charge in [-0.3, -0.25) is 14.6 Å². The number of pyridine rings is 1. The molecule has 1 heterocycles. The van der Waals surface area contributed by atoms with Gasteiger partial charge in [-0.2, -0.15) is 0 Å². The number of nitrogens with zero attached hydrogens (tertiary/aromatic N) is 1. The van der Waals surface area contributed by atoms with Gasteiger partial charge in [0.15, 0.2) is 5.78 Å². The highest BCUT2D eigenvalue weighted by Crippen LogP contribution is 2.39. The Labute approximate surface area is 184 Å². The third-order valence-electron chi connectivity index (χ3n) is 5.47. The number of ketones is 1. The lowest BCUT2D eigenvalue weighted by Gasteiger charge is -2.18. The van der Waals surface area contributed by atoms with Gasteiger partial charge in [-0.25, -0.2) is 0 Å². The van der Waals surface area contributed by atoms with E-state index in [-0.39, 0.29) is 24.5 Å². The van der Waals surface area contributed by atoms with Crippen LogP contribution in [0.4, 0.5) is 0 Å². The van der Waals surface area contributed by atoms with E-state index < -0.39 is 5.41 Å². The summed E-state index contributed by atoms with van der Waals surface area (Å²) >= 11 is 0. The summed E-state index contributed by atoms with van der Waals surface area (Å²) < 4.78 is 11.2. The van der Waals surface area contributed by atoms with Crippen LogP contribution in [0, 0.1) is 32.1 Å². The van der Waals surface area contributed by atoms with Gasteiger partial charge >= 0.3 is 5.97 Å². The third kappa shape index (κ3) is 5.22. The SMILES string of the molecule is Cc1cc(C)c(C2=C(OCOC(=O)C(C)(C)C)CC(Cc3ccccn3)C2=O)c(C)c1. The van der Waals surface area contributed by atoms with Gasteiger partial charge in [0.1, 0.15) is 5.76 Å². The van der Waals surface area contributed by atoms with Crippen LogP contribution in [-0.4, -0.2) is 23.5 Å². The predicted molar refractivity (Wildman–Crippen MR) is 120 cm³/mol. The fourth-order valence-electron chi connectivity index (χ4n) is 4.03. The number of aryl methyl sites for hydroxylation is 3. The van der Waals surface area contributed by atoms with Crippen LogP contribution in [0.5, 0.6) is 0 Å². The molecule has 0 fully saturated rings. The zero-order valence-corrected chi connectivity index (χ0v) is 19.2. The maximum absolute atomic E-state index is 13.5. The number of Topliss-reactive ketones (excluding diaryl/α,β-unsaturated/α-hetero) is 1. The van der Waals surface area contributed by atoms with Crippen molar-refractivity contribution in [3.05, 3.63) is 70.2 Å². The summed E-state index contributed by atoms with van der Waals surface area (Å²) in [5, 5.41) is 0. The molecule has 1 aromatic carbocycles. The molecule has 0 N–H and O–H groups in total. The minimum atomic E-state index is -0.613. The summed E-state index contributed by atoms with van der Waals surface area (Å²) in [6, 6.07) is 9.87. The fourth-order valence-corrected chi connectivity index (χ4v) is 4.03. The average Bonchev–Trinajstić information content (AvgIpc) is 2.97. The minimum Gasteiger partial charge on any atom is -0.461 e. The molecule has 3 rings (SSSR count). The summed E-state index contributed by atoms with van der Waals surface area (Å²) in [6.45, 7) is 11.2. The van der Waals surface area contributed by atoms with Crippen LogP contribution in [0.15, 0.2) is 42.3 Å². The number of carbonyl (C=O) groups is 2. The Morgan fingerprint density at radius 1 is 1.13 bits per heavy atom. The normalized spacial score (nSPS) is 16.6. The summed E-state index contributed by atoms with van der Waals surface area (Å²) in [6.07, 6.45) is 2.74. The fraction of sp³-hybridized carbons (Fsp3) is 0.423. The molecule has 1 aliphatic carbocycles. The number of hydrogen-bond acceptors (Lipinski definition) is 5. The van der Waals surface area contributed by atoms with Crippen LogP contribution in [0.2, 0.25) is 0 Å². The molecule has 0 radical (unpaired) electrons. The van der Waals surface area contributed by atoms with E-state index >= 15 is 0 Å². The van der Waals surface area contributed by atoms with Gasteiger partial charge in [0.25, 0.3) is 0 Å². The molecule has 5 nitrogen and oxygen atoms in total. The lowest BCUT2D eigenvalue weighted by molar-refractivity contribution is -0.162. The Morgan fingerprint density at radius 2 is 1.81 bits per heavy atom. The van der Waals surface area contributed by atoms with Crippen LogP contribution in [-0.2, 0) is 25.5 Å². The van der Waals surface area contributed by atoms with E-state index in [1.165, 1.54) is 0 Å². The Hall–Kier alpha value is -2.95. The van der Waals surface area contributed by atoms with E-state index in [0.717, 1.165) is 27.9 Å². The highest BCUT2D eigenvalue weighted by Gasteiger charge is 2.37. The highest BCUT2D eigenvalue weighted by atomic mass is 16.7. The number of benzene rings is 1. The highest BCUT2D eigenvalue weighted by molar-refractivity contribution is 6.25. The van der Waals surface area contributed by atoms with Crippen molar-refractivity contribution in [2.45, 2.75) is 54.4 Å². The number of esters is 1. The molecule has 164 valence electrons. The first-order chi connectivity index (χ1) is 14.6. The topological polar surface area (TPSA) is 65.5 Å². The molecule has 1 aliphatic rings. The Balaban J connectivity index is 1.90. The van der Waals surface area contributed by atoms with Crippen molar-refractivity contribution in [3.63, 3.8) is 0 Å². The number of rotatable bonds is 6. The standard InChI is InChI=1S/C26H31NO4/c1-16-11-17(2)22(18(3)12-16)23-21(30-15-31-25(29)26(4,5)6)14-19(24(23)28)13-20-9-7-8-10-27-20/h7-12,19H,13-15H2,1-6H3. The van der Waals surface area contributed by atoms with Crippen molar-refractivity contribution in [3.8, 4) is 0 Å². The predicted octanol–water partition coefficient (Wildman–Crippen LogP) is 5.11. The van der Waals surface area contributed by atoms with Gasteiger partial charge < -0.3 is 9.47 Å². The van der Waals surface area contributed by atoms with Crippen molar-refractivity contribution < 1.29 is 19.1 Å². The second-order valence-corrected chi connectivity index (χ2v) is 9.31. The van der Waals surface area contributed by atoms with E-state index in [0.29, 0.717) is 24.2 Å². The van der Waals surface area contributed by atoms with Gasteiger partial charge in [0.05, 0.1) is 11.0 Å². The summed E-state index contributed by atoms with van der Waals surface area (Å²) in [5.41, 5.74) is 4.99. The van der Waals surface area contributed by atoms with Gasteiger partial charge in [-0.15, -0.1) is 0 Å². The molecule has 1 atom stereocenters. The molecule has 5 heteroatoms. The number of carbonyl (C=O) groups excluding carboxylic acids is 2. The molecule has 0 amide bonds. The first-order valence-corrected chi connectivity index (χ1v) is 10.6. The second-order valence-electron chi connectivity index (χ2n) is 9.31. The summed E-state index contributed by atoms with van der Waals surface area (Å²) in [4.78, 5) is 30.0. The van der Waals surface area contributed by atoms with Crippen molar-refractivity contribution in [1.82, 2.24) is 4.98 Å². The first kappa shape index (κ1) is 22.7. The van der Waals surface area contributed by atoms with E-state index in [2.05, 4.69) is 17.1 Å². The maximum atomic E-state index is 13.5. The van der Waals surface area contributed by atoms with Crippen molar-refractivity contribution in [2.24, 2.45) is 11.3 Å². The third-order valence-corrected chi connectivity index (χ3v) is 5.47. The Bertz CT molecular complexity index is 992. The number of allylic oxidation sites excluding steroid dienone is 2. The molecule has 31 heavy (non-hydrogen) atoms. The van der Waals surface area contributed by atoms with E-state index in [9.17, 15) is 9.59 Å². The number of hydrogen-bond donors (Lipinski definition) is 0. The van der Waals surface area contributed by atoms with Gasteiger partial charge in [0.2, 0.25) is 6.79 Å². The summed E-state index contributed by atoms with van der Waals surface area (Å²) in [7, 11) is 0. The van der Waals surface area contributed by atoms with Crippen LogP contribution < -0.4 is 0 Å². The van der Waals surface area contributed by atoms with E-state index in [1.54, 1.807) is 27.0 Å². The van der Waals surface area contributed by atoms with Crippen molar-refractivity contribution in [2.75, 3.05) is 6.79 Å². The number of ether oxygens (including phenoxy) is 2. The molecule has 1 unspecified atom stereocenters. The molecular formula is C26H31NO4. The zero-order valence-electron chi connectivity index (χ0n) is 19.2. The molecule has 1 aromatic heterocycles.